The van der Waals surface area contributed by atoms with Gasteiger partial charge in [-0.1, -0.05) is 23.2 Å². The van der Waals surface area contributed by atoms with Gasteiger partial charge in [-0.25, -0.2) is 4.79 Å². The fraction of sp³-hybridized carbons (Fsp3) is 0.231. The van der Waals surface area contributed by atoms with Crippen molar-refractivity contribution >= 4 is 41.1 Å². The Bertz CT molecular complexity index is 499. The lowest BCUT2D eigenvalue weighted by Crippen LogP contribution is -2.06. The molecule has 1 aromatic rings. The van der Waals surface area contributed by atoms with Gasteiger partial charge < -0.3 is 15.8 Å². The van der Waals surface area contributed by atoms with Crippen molar-refractivity contribution in [3.8, 4) is 0 Å². The number of hydrogen-bond acceptors (Lipinski definition) is 3. The topological polar surface area (TPSA) is 73.2 Å². The SMILES string of the molecule is C/C(Nc1ccc(Cl)cc1Cl)=C(/C)C(=O)O.CC=N. The standard InChI is InChI=1S/C11H11Cl2NO2.C2H5N/c1-6(11(15)16)7(2)14-10-4-3-8(12)5-9(10)13;1-2-3/h3-5,14H,1-2H3,(H,15,16);2-3H,1H3/b7-6+;. The molecule has 19 heavy (non-hydrogen) atoms. The normalized spacial score (nSPS) is 10.8. The molecule has 3 N–H and O–H groups in total. The summed E-state index contributed by atoms with van der Waals surface area (Å²) in [6, 6.07) is 4.97. The Hall–Kier alpha value is -1.52. The summed E-state index contributed by atoms with van der Waals surface area (Å²) in [6.07, 6.45) is 1.25. The number of nitrogens with one attached hydrogen (secondary N) is 2. The fourth-order valence-electron chi connectivity index (χ4n) is 1.05. The van der Waals surface area contributed by atoms with E-state index >= 15 is 0 Å². The van der Waals surface area contributed by atoms with E-state index in [0.717, 1.165) is 0 Å². The van der Waals surface area contributed by atoms with Crippen LogP contribution in [0, 0.1) is 5.41 Å². The predicted octanol–water partition coefficient (Wildman–Crippen LogP) is 4.44. The summed E-state index contributed by atoms with van der Waals surface area (Å²) in [5.74, 6) is -0.963. The molecule has 0 fully saturated rings. The number of halogens is 2. The zero-order chi connectivity index (χ0) is 15.0. The Morgan fingerprint density at radius 1 is 1.37 bits per heavy atom. The molecule has 0 aliphatic heterocycles. The molecule has 0 saturated carbocycles. The number of carboxylic acid groups (broad SMARTS) is 1. The Balaban J connectivity index is 0.000000982. The van der Waals surface area contributed by atoms with E-state index in [-0.39, 0.29) is 5.57 Å². The predicted molar refractivity (Wildman–Crippen MR) is 80.6 cm³/mol. The number of hydrogen-bond donors (Lipinski definition) is 3. The van der Waals surface area contributed by atoms with Crippen LogP contribution in [0.4, 0.5) is 5.69 Å². The van der Waals surface area contributed by atoms with Gasteiger partial charge in [0.15, 0.2) is 0 Å². The van der Waals surface area contributed by atoms with Crippen LogP contribution in [0.5, 0.6) is 0 Å². The first-order valence-electron chi connectivity index (χ1n) is 5.41. The molecule has 0 aliphatic rings. The first kappa shape index (κ1) is 17.5. The second-order valence-corrected chi connectivity index (χ2v) is 4.44. The molecule has 6 heteroatoms. The Morgan fingerprint density at radius 3 is 2.32 bits per heavy atom. The first-order chi connectivity index (χ1) is 8.83. The average Bonchev–Trinajstić information content (AvgIpc) is 2.32. The minimum Gasteiger partial charge on any atom is -0.478 e. The molecular weight excluding hydrogens is 287 g/mol. The third-order valence-electron chi connectivity index (χ3n) is 2.14. The van der Waals surface area contributed by atoms with E-state index in [0.29, 0.717) is 21.4 Å². The van der Waals surface area contributed by atoms with Crippen LogP contribution in [-0.4, -0.2) is 17.3 Å². The van der Waals surface area contributed by atoms with E-state index in [9.17, 15) is 4.79 Å². The maximum Gasteiger partial charge on any atom is 0.333 e. The molecule has 1 rings (SSSR count). The van der Waals surface area contributed by atoms with E-state index in [1.807, 2.05) is 0 Å². The molecule has 0 radical (unpaired) electrons. The lowest BCUT2D eigenvalue weighted by Gasteiger charge is -2.10. The van der Waals surface area contributed by atoms with Crippen molar-refractivity contribution in [2.45, 2.75) is 20.8 Å². The van der Waals surface area contributed by atoms with Crippen molar-refractivity contribution in [2.24, 2.45) is 0 Å². The van der Waals surface area contributed by atoms with Crippen molar-refractivity contribution in [1.82, 2.24) is 0 Å². The van der Waals surface area contributed by atoms with Gasteiger partial charge in [-0.05, 0) is 45.2 Å². The molecule has 0 heterocycles. The monoisotopic (exact) mass is 302 g/mol. The Morgan fingerprint density at radius 2 is 1.89 bits per heavy atom. The van der Waals surface area contributed by atoms with Gasteiger partial charge in [0, 0.05) is 10.7 Å². The third-order valence-corrected chi connectivity index (χ3v) is 2.68. The van der Waals surface area contributed by atoms with E-state index in [1.165, 1.54) is 13.1 Å². The molecule has 0 amide bonds. The summed E-state index contributed by atoms with van der Waals surface area (Å²) in [4.78, 5) is 10.7. The van der Waals surface area contributed by atoms with Crippen molar-refractivity contribution in [1.29, 1.82) is 5.41 Å². The maximum atomic E-state index is 10.7. The van der Waals surface area contributed by atoms with E-state index in [2.05, 4.69) is 5.32 Å². The number of carbonyl (C=O) groups is 1. The molecule has 0 saturated heterocycles. The number of anilines is 1. The van der Waals surface area contributed by atoms with Crippen molar-refractivity contribution in [2.75, 3.05) is 5.32 Å². The summed E-state index contributed by atoms with van der Waals surface area (Å²) < 4.78 is 0. The zero-order valence-electron chi connectivity index (χ0n) is 10.9. The van der Waals surface area contributed by atoms with Gasteiger partial charge in [0.2, 0.25) is 0 Å². The molecular formula is C13H16Cl2N2O2. The molecule has 0 spiro atoms. The van der Waals surface area contributed by atoms with Gasteiger partial charge >= 0.3 is 5.97 Å². The lowest BCUT2D eigenvalue weighted by atomic mass is 10.2. The van der Waals surface area contributed by atoms with Crippen LogP contribution in [0.25, 0.3) is 0 Å². The Kier molecular flexibility index (Phi) is 7.87. The number of carboxylic acids is 1. The van der Waals surface area contributed by atoms with Crippen LogP contribution in [0.1, 0.15) is 20.8 Å². The second kappa shape index (κ2) is 8.56. The molecule has 0 aliphatic carbocycles. The summed E-state index contributed by atoms with van der Waals surface area (Å²) in [7, 11) is 0. The molecule has 104 valence electrons. The van der Waals surface area contributed by atoms with E-state index < -0.39 is 5.97 Å². The van der Waals surface area contributed by atoms with Crippen LogP contribution in [0.15, 0.2) is 29.5 Å². The molecule has 0 aromatic heterocycles. The van der Waals surface area contributed by atoms with Crippen LogP contribution in [0.3, 0.4) is 0 Å². The van der Waals surface area contributed by atoms with Gasteiger partial charge in [0.05, 0.1) is 16.3 Å². The summed E-state index contributed by atoms with van der Waals surface area (Å²) in [5.41, 5.74) is 1.41. The molecule has 0 atom stereocenters. The number of allylic oxidation sites excluding steroid dienone is 1. The van der Waals surface area contributed by atoms with Crippen LogP contribution >= 0.6 is 23.2 Å². The van der Waals surface area contributed by atoms with E-state index in [1.54, 1.807) is 32.0 Å². The summed E-state index contributed by atoms with van der Waals surface area (Å²) >= 11 is 11.7. The highest BCUT2D eigenvalue weighted by atomic mass is 35.5. The zero-order valence-corrected chi connectivity index (χ0v) is 12.4. The number of rotatable bonds is 3. The fourth-order valence-corrected chi connectivity index (χ4v) is 1.50. The molecule has 0 unspecified atom stereocenters. The minimum atomic E-state index is -0.963. The largest absolute Gasteiger partial charge is 0.478 e. The van der Waals surface area contributed by atoms with Gasteiger partial charge in [0.1, 0.15) is 0 Å². The van der Waals surface area contributed by atoms with Crippen LogP contribution in [-0.2, 0) is 4.79 Å². The highest BCUT2D eigenvalue weighted by Gasteiger charge is 2.07. The van der Waals surface area contributed by atoms with Crippen molar-refractivity contribution < 1.29 is 9.90 Å². The smallest absolute Gasteiger partial charge is 0.333 e. The lowest BCUT2D eigenvalue weighted by molar-refractivity contribution is -0.132. The average molecular weight is 303 g/mol. The minimum absolute atomic E-state index is 0.242. The highest BCUT2D eigenvalue weighted by molar-refractivity contribution is 6.36. The van der Waals surface area contributed by atoms with Gasteiger partial charge in [-0.15, -0.1) is 0 Å². The van der Waals surface area contributed by atoms with Gasteiger partial charge in [-0.3, -0.25) is 0 Å². The maximum absolute atomic E-state index is 10.7. The highest BCUT2D eigenvalue weighted by Crippen LogP contribution is 2.26. The van der Waals surface area contributed by atoms with Crippen molar-refractivity contribution in [3.05, 3.63) is 39.5 Å². The Labute approximate surface area is 122 Å². The van der Waals surface area contributed by atoms with Gasteiger partial charge in [0.25, 0.3) is 0 Å². The van der Waals surface area contributed by atoms with Crippen LogP contribution in [0.2, 0.25) is 10.0 Å². The summed E-state index contributed by atoms with van der Waals surface area (Å²) in [6.45, 7) is 4.86. The number of benzene rings is 1. The quantitative estimate of drug-likeness (QED) is 0.571. The third kappa shape index (κ3) is 6.27. The molecule has 1 aromatic carbocycles. The van der Waals surface area contributed by atoms with Crippen LogP contribution < -0.4 is 5.32 Å². The summed E-state index contributed by atoms with van der Waals surface area (Å²) in [5, 5.41) is 18.8. The van der Waals surface area contributed by atoms with E-state index in [4.69, 9.17) is 33.7 Å². The molecule has 4 nitrogen and oxygen atoms in total. The van der Waals surface area contributed by atoms with Gasteiger partial charge in [-0.2, -0.15) is 0 Å². The van der Waals surface area contributed by atoms with Crippen molar-refractivity contribution in [3.63, 3.8) is 0 Å². The first-order valence-corrected chi connectivity index (χ1v) is 6.17. The second-order valence-electron chi connectivity index (χ2n) is 3.59. The number of aliphatic carboxylic acids is 1. The molecule has 0 bridgehead atoms.